The monoisotopic (exact) mass is 203 g/mol. The minimum absolute atomic E-state index is 0.654. The Morgan fingerprint density at radius 3 is 2.93 bits per heavy atom. The van der Waals surface area contributed by atoms with Crippen molar-refractivity contribution in [2.45, 2.75) is 6.92 Å². The van der Waals surface area contributed by atoms with E-state index in [1.54, 1.807) is 24.8 Å². The maximum absolute atomic E-state index is 5.16. The first-order valence-corrected chi connectivity index (χ1v) is 4.64. The second-order valence-corrected chi connectivity index (χ2v) is 3.37. The highest BCUT2D eigenvalue weighted by Crippen LogP contribution is 2.19. The first-order valence-electron chi connectivity index (χ1n) is 4.24. The van der Waals surface area contributed by atoms with Gasteiger partial charge in [0.15, 0.2) is 0 Å². The number of hydrogen-bond donors (Lipinski definition) is 1. The SMILES string of the molecule is Cc1cnccc1-c1ncc[nH]c1=S. The fraction of sp³-hybridized carbons (Fsp3) is 0.100. The summed E-state index contributed by atoms with van der Waals surface area (Å²) in [5.41, 5.74) is 2.91. The highest BCUT2D eigenvalue weighted by Gasteiger charge is 2.03. The van der Waals surface area contributed by atoms with Crippen molar-refractivity contribution in [2.75, 3.05) is 0 Å². The van der Waals surface area contributed by atoms with Crippen molar-refractivity contribution in [3.8, 4) is 11.3 Å². The van der Waals surface area contributed by atoms with E-state index in [0.29, 0.717) is 4.64 Å². The van der Waals surface area contributed by atoms with Crippen LogP contribution >= 0.6 is 12.2 Å². The second-order valence-electron chi connectivity index (χ2n) is 2.96. The molecule has 0 fully saturated rings. The van der Waals surface area contributed by atoms with E-state index in [1.807, 2.05) is 13.0 Å². The van der Waals surface area contributed by atoms with Crippen LogP contribution in [0.2, 0.25) is 0 Å². The molecule has 3 nitrogen and oxygen atoms in total. The van der Waals surface area contributed by atoms with Gasteiger partial charge in [-0.15, -0.1) is 0 Å². The van der Waals surface area contributed by atoms with E-state index in [0.717, 1.165) is 16.8 Å². The molecule has 0 atom stereocenters. The minimum Gasteiger partial charge on any atom is -0.350 e. The van der Waals surface area contributed by atoms with E-state index < -0.39 is 0 Å². The molecule has 0 aromatic carbocycles. The molecule has 2 aromatic heterocycles. The summed E-state index contributed by atoms with van der Waals surface area (Å²) in [6.07, 6.45) is 6.97. The van der Waals surface area contributed by atoms with Gasteiger partial charge in [-0.05, 0) is 18.6 Å². The maximum Gasteiger partial charge on any atom is 0.129 e. The Labute approximate surface area is 86.9 Å². The zero-order valence-corrected chi connectivity index (χ0v) is 8.51. The third-order valence-corrected chi connectivity index (χ3v) is 2.29. The lowest BCUT2D eigenvalue weighted by molar-refractivity contribution is 1.17. The van der Waals surface area contributed by atoms with E-state index >= 15 is 0 Å². The summed E-state index contributed by atoms with van der Waals surface area (Å²) in [5.74, 6) is 0. The number of rotatable bonds is 1. The first-order chi connectivity index (χ1) is 6.79. The molecule has 70 valence electrons. The van der Waals surface area contributed by atoms with Crippen LogP contribution in [-0.4, -0.2) is 15.0 Å². The summed E-state index contributed by atoms with van der Waals surface area (Å²) in [4.78, 5) is 11.2. The molecule has 0 aliphatic carbocycles. The zero-order chi connectivity index (χ0) is 9.97. The van der Waals surface area contributed by atoms with E-state index in [9.17, 15) is 0 Å². The number of pyridine rings is 1. The average molecular weight is 203 g/mol. The molecule has 0 spiro atoms. The molecule has 0 unspecified atom stereocenters. The molecule has 0 amide bonds. The van der Waals surface area contributed by atoms with E-state index in [2.05, 4.69) is 15.0 Å². The molecule has 0 aliphatic rings. The molecule has 1 N–H and O–H groups in total. The van der Waals surface area contributed by atoms with Crippen LogP contribution in [0.25, 0.3) is 11.3 Å². The number of hydrogen-bond acceptors (Lipinski definition) is 3. The Morgan fingerprint density at radius 1 is 1.36 bits per heavy atom. The lowest BCUT2D eigenvalue weighted by atomic mass is 10.1. The molecule has 14 heavy (non-hydrogen) atoms. The molecule has 2 heterocycles. The number of nitrogens with one attached hydrogen (secondary N) is 1. The highest BCUT2D eigenvalue weighted by molar-refractivity contribution is 7.71. The predicted octanol–water partition coefficient (Wildman–Crippen LogP) is 2.51. The standard InChI is InChI=1S/C10H9N3S/c1-7-6-11-3-2-8(7)9-10(14)13-5-4-12-9/h2-6H,1H3,(H,13,14). The van der Waals surface area contributed by atoms with E-state index in [4.69, 9.17) is 12.2 Å². The first kappa shape index (κ1) is 9.02. The van der Waals surface area contributed by atoms with Gasteiger partial charge in [0.2, 0.25) is 0 Å². The van der Waals surface area contributed by atoms with Crippen molar-refractivity contribution in [1.82, 2.24) is 15.0 Å². The molecule has 0 bridgehead atoms. The summed E-state index contributed by atoms with van der Waals surface area (Å²) in [7, 11) is 0. The van der Waals surface area contributed by atoms with E-state index in [1.165, 1.54) is 0 Å². The molecule has 0 saturated heterocycles. The van der Waals surface area contributed by atoms with Crippen LogP contribution in [-0.2, 0) is 0 Å². The van der Waals surface area contributed by atoms with Gasteiger partial charge < -0.3 is 4.98 Å². The zero-order valence-electron chi connectivity index (χ0n) is 7.69. The van der Waals surface area contributed by atoms with Gasteiger partial charge in [-0.2, -0.15) is 0 Å². The molecule has 0 aliphatic heterocycles. The van der Waals surface area contributed by atoms with Gasteiger partial charge in [0.25, 0.3) is 0 Å². The highest BCUT2D eigenvalue weighted by atomic mass is 32.1. The Bertz CT molecular complexity index is 504. The molecule has 4 heteroatoms. The van der Waals surface area contributed by atoms with Crippen molar-refractivity contribution < 1.29 is 0 Å². The predicted molar refractivity (Wildman–Crippen MR) is 57.4 cm³/mol. The average Bonchev–Trinajstić information content (AvgIpc) is 2.20. The van der Waals surface area contributed by atoms with Gasteiger partial charge in [0, 0.05) is 30.4 Å². The number of aromatic amines is 1. The van der Waals surface area contributed by atoms with Crippen molar-refractivity contribution >= 4 is 12.2 Å². The van der Waals surface area contributed by atoms with Crippen molar-refractivity contribution in [3.05, 3.63) is 41.1 Å². The largest absolute Gasteiger partial charge is 0.350 e. The van der Waals surface area contributed by atoms with Gasteiger partial charge in [-0.3, -0.25) is 9.97 Å². The molecule has 2 aromatic rings. The van der Waals surface area contributed by atoms with Gasteiger partial charge >= 0.3 is 0 Å². The smallest absolute Gasteiger partial charge is 0.129 e. The van der Waals surface area contributed by atoms with Crippen LogP contribution in [0.1, 0.15) is 5.56 Å². The van der Waals surface area contributed by atoms with Gasteiger partial charge in [0.1, 0.15) is 10.3 Å². The van der Waals surface area contributed by atoms with Crippen molar-refractivity contribution in [1.29, 1.82) is 0 Å². The summed E-state index contributed by atoms with van der Waals surface area (Å²) >= 11 is 5.16. The minimum atomic E-state index is 0.654. The van der Waals surface area contributed by atoms with Crippen LogP contribution in [0.5, 0.6) is 0 Å². The molecular weight excluding hydrogens is 194 g/mol. The van der Waals surface area contributed by atoms with Crippen molar-refractivity contribution in [2.24, 2.45) is 0 Å². The topological polar surface area (TPSA) is 41.6 Å². The Kier molecular flexibility index (Phi) is 2.37. The van der Waals surface area contributed by atoms with Crippen LogP contribution < -0.4 is 0 Å². The molecular formula is C10H9N3S. The number of nitrogens with zero attached hydrogens (tertiary/aromatic N) is 2. The third kappa shape index (κ3) is 1.56. The quantitative estimate of drug-likeness (QED) is 0.724. The molecule has 0 saturated carbocycles. The summed E-state index contributed by atoms with van der Waals surface area (Å²) in [6, 6.07) is 1.92. The molecule has 2 rings (SSSR count). The number of aryl methyl sites for hydroxylation is 1. The lowest BCUT2D eigenvalue weighted by Crippen LogP contribution is -1.90. The van der Waals surface area contributed by atoms with Crippen LogP contribution in [0.15, 0.2) is 30.9 Å². The second kappa shape index (κ2) is 3.67. The van der Waals surface area contributed by atoms with E-state index in [-0.39, 0.29) is 0 Å². The van der Waals surface area contributed by atoms with Crippen LogP contribution in [0.3, 0.4) is 0 Å². The summed E-state index contributed by atoms with van der Waals surface area (Å²) in [5, 5.41) is 0. The third-order valence-electron chi connectivity index (χ3n) is 1.98. The Hall–Kier alpha value is -1.55. The van der Waals surface area contributed by atoms with Crippen LogP contribution in [0.4, 0.5) is 0 Å². The van der Waals surface area contributed by atoms with Gasteiger partial charge in [0.05, 0.1) is 0 Å². The number of aromatic nitrogens is 3. The normalized spacial score (nSPS) is 10.1. The van der Waals surface area contributed by atoms with Crippen LogP contribution in [0, 0.1) is 11.6 Å². The van der Waals surface area contributed by atoms with Crippen molar-refractivity contribution in [3.63, 3.8) is 0 Å². The lowest BCUT2D eigenvalue weighted by Gasteiger charge is -2.02. The molecule has 0 radical (unpaired) electrons. The van der Waals surface area contributed by atoms with Gasteiger partial charge in [-0.25, -0.2) is 0 Å². The van der Waals surface area contributed by atoms with Gasteiger partial charge in [-0.1, -0.05) is 12.2 Å². The number of H-pyrrole nitrogens is 1. The summed E-state index contributed by atoms with van der Waals surface area (Å²) < 4.78 is 0.654. The fourth-order valence-corrected chi connectivity index (χ4v) is 1.51. The fourth-order valence-electron chi connectivity index (χ4n) is 1.28. The maximum atomic E-state index is 5.16. The Balaban J connectivity index is 2.67. The summed E-state index contributed by atoms with van der Waals surface area (Å²) in [6.45, 7) is 1.99. The Morgan fingerprint density at radius 2 is 2.21 bits per heavy atom.